The minimum atomic E-state index is -3.55. The topological polar surface area (TPSA) is 75.3 Å². The summed E-state index contributed by atoms with van der Waals surface area (Å²) in [5, 5.41) is 2.65. The maximum Gasteiger partial charge on any atom is 0.240 e. The van der Waals surface area contributed by atoms with E-state index in [4.69, 9.17) is 0 Å². The molecule has 1 fully saturated rings. The summed E-state index contributed by atoms with van der Waals surface area (Å²) in [5.41, 5.74) is 0.976. The van der Waals surface area contributed by atoms with Gasteiger partial charge in [0.15, 0.2) is 0 Å². The standard InChI is InChI=1S/C12H15BrN2O3S/c1-8-2-4-10(6-11(8)13)19(17,18)15-9-3-5-12(16)14-7-9/h2,4,6,9,15H,3,5,7H2,1H3,(H,14,16)/t9-/m0/s1. The Morgan fingerprint density at radius 2 is 2.16 bits per heavy atom. The van der Waals surface area contributed by atoms with Crippen molar-refractivity contribution in [3.05, 3.63) is 28.2 Å². The Morgan fingerprint density at radius 3 is 2.74 bits per heavy atom. The summed E-state index contributed by atoms with van der Waals surface area (Å²) in [6.45, 7) is 2.23. The summed E-state index contributed by atoms with van der Waals surface area (Å²) in [7, 11) is -3.55. The summed E-state index contributed by atoms with van der Waals surface area (Å²) >= 11 is 3.32. The van der Waals surface area contributed by atoms with Crippen molar-refractivity contribution in [3.8, 4) is 0 Å². The van der Waals surface area contributed by atoms with Crippen LogP contribution in [0.3, 0.4) is 0 Å². The van der Waals surface area contributed by atoms with Crippen LogP contribution in [0.2, 0.25) is 0 Å². The van der Waals surface area contributed by atoms with Gasteiger partial charge in [0.1, 0.15) is 0 Å². The van der Waals surface area contributed by atoms with Gasteiger partial charge in [-0.05, 0) is 31.0 Å². The molecule has 0 bridgehead atoms. The molecule has 0 spiro atoms. The third-order valence-corrected chi connectivity index (χ3v) is 5.41. The first kappa shape index (κ1) is 14.5. The molecular weight excluding hydrogens is 332 g/mol. The molecule has 1 aliphatic heterocycles. The summed E-state index contributed by atoms with van der Waals surface area (Å²) < 4.78 is 27.8. The number of hydrogen-bond acceptors (Lipinski definition) is 3. The number of amides is 1. The molecule has 7 heteroatoms. The summed E-state index contributed by atoms with van der Waals surface area (Å²) in [4.78, 5) is 11.3. The van der Waals surface area contributed by atoms with Crippen LogP contribution < -0.4 is 10.0 Å². The maximum absolute atomic E-state index is 12.2. The number of piperidine rings is 1. The van der Waals surface area contributed by atoms with E-state index >= 15 is 0 Å². The van der Waals surface area contributed by atoms with Gasteiger partial charge in [0.05, 0.1) is 4.90 Å². The number of halogens is 1. The second kappa shape index (κ2) is 5.60. The van der Waals surface area contributed by atoms with Crippen LogP contribution in [0.1, 0.15) is 18.4 Å². The molecule has 0 aromatic heterocycles. The van der Waals surface area contributed by atoms with Crippen LogP contribution in [0.25, 0.3) is 0 Å². The van der Waals surface area contributed by atoms with Crippen LogP contribution in [0.4, 0.5) is 0 Å². The predicted molar refractivity (Wildman–Crippen MR) is 75.2 cm³/mol. The first-order chi connectivity index (χ1) is 8.88. The zero-order valence-electron chi connectivity index (χ0n) is 10.4. The molecule has 1 heterocycles. The van der Waals surface area contributed by atoms with E-state index in [9.17, 15) is 13.2 Å². The molecule has 1 aliphatic rings. The van der Waals surface area contributed by atoms with Crippen LogP contribution in [0.5, 0.6) is 0 Å². The average molecular weight is 347 g/mol. The van der Waals surface area contributed by atoms with E-state index in [1.165, 1.54) is 0 Å². The molecule has 2 N–H and O–H groups in total. The second-order valence-electron chi connectivity index (χ2n) is 4.57. The highest BCUT2D eigenvalue weighted by molar-refractivity contribution is 9.10. The molecular formula is C12H15BrN2O3S. The lowest BCUT2D eigenvalue weighted by atomic mass is 10.1. The zero-order chi connectivity index (χ0) is 14.0. The van der Waals surface area contributed by atoms with Crippen molar-refractivity contribution in [2.45, 2.75) is 30.7 Å². The minimum absolute atomic E-state index is 0.0338. The summed E-state index contributed by atoms with van der Waals surface area (Å²) in [5.74, 6) is -0.0338. The molecule has 1 aromatic rings. The SMILES string of the molecule is Cc1ccc(S(=O)(=O)N[C@H]2CCC(=O)NC2)cc1Br. The van der Waals surface area contributed by atoms with E-state index in [1.807, 2.05) is 6.92 Å². The Bertz CT molecular complexity index is 591. The lowest BCUT2D eigenvalue weighted by Gasteiger charge is -2.23. The van der Waals surface area contributed by atoms with Gasteiger partial charge in [-0.25, -0.2) is 13.1 Å². The molecule has 1 aromatic carbocycles. The molecule has 1 amide bonds. The van der Waals surface area contributed by atoms with Gasteiger partial charge < -0.3 is 5.32 Å². The number of nitrogens with one attached hydrogen (secondary N) is 2. The highest BCUT2D eigenvalue weighted by Gasteiger charge is 2.24. The van der Waals surface area contributed by atoms with Gasteiger partial charge in [-0.3, -0.25) is 4.79 Å². The number of aryl methyl sites for hydroxylation is 1. The van der Waals surface area contributed by atoms with Crippen LogP contribution in [0, 0.1) is 6.92 Å². The lowest BCUT2D eigenvalue weighted by Crippen LogP contribution is -2.47. The number of carbonyl (C=O) groups is 1. The number of rotatable bonds is 3. The van der Waals surface area contributed by atoms with Gasteiger partial charge in [-0.2, -0.15) is 0 Å². The van der Waals surface area contributed by atoms with Gasteiger partial charge in [-0.15, -0.1) is 0 Å². The average Bonchev–Trinajstić information content (AvgIpc) is 2.35. The third kappa shape index (κ3) is 3.55. The second-order valence-corrected chi connectivity index (χ2v) is 7.14. The van der Waals surface area contributed by atoms with E-state index in [0.29, 0.717) is 19.4 Å². The molecule has 0 unspecified atom stereocenters. The van der Waals surface area contributed by atoms with E-state index in [1.54, 1.807) is 18.2 Å². The number of sulfonamides is 1. The van der Waals surface area contributed by atoms with Crippen molar-refractivity contribution in [1.29, 1.82) is 0 Å². The van der Waals surface area contributed by atoms with Gasteiger partial charge in [-0.1, -0.05) is 22.0 Å². The highest BCUT2D eigenvalue weighted by atomic mass is 79.9. The van der Waals surface area contributed by atoms with Crippen LogP contribution in [-0.4, -0.2) is 26.9 Å². The van der Waals surface area contributed by atoms with Crippen molar-refractivity contribution in [3.63, 3.8) is 0 Å². The van der Waals surface area contributed by atoms with Crippen molar-refractivity contribution in [2.75, 3.05) is 6.54 Å². The first-order valence-corrected chi connectivity index (χ1v) is 8.21. The number of benzene rings is 1. The highest BCUT2D eigenvalue weighted by Crippen LogP contribution is 2.21. The smallest absolute Gasteiger partial charge is 0.240 e. The van der Waals surface area contributed by atoms with E-state index in [-0.39, 0.29) is 16.8 Å². The van der Waals surface area contributed by atoms with Gasteiger partial charge in [0.2, 0.25) is 15.9 Å². The van der Waals surface area contributed by atoms with Crippen molar-refractivity contribution < 1.29 is 13.2 Å². The molecule has 0 saturated carbocycles. The van der Waals surface area contributed by atoms with Crippen molar-refractivity contribution in [1.82, 2.24) is 10.0 Å². The Morgan fingerprint density at radius 1 is 1.42 bits per heavy atom. The summed E-state index contributed by atoms with van der Waals surface area (Å²) in [6.07, 6.45) is 0.878. The van der Waals surface area contributed by atoms with Gasteiger partial charge in [0, 0.05) is 23.5 Å². The maximum atomic E-state index is 12.2. The minimum Gasteiger partial charge on any atom is -0.355 e. The van der Waals surface area contributed by atoms with Gasteiger partial charge >= 0.3 is 0 Å². The van der Waals surface area contributed by atoms with Crippen molar-refractivity contribution in [2.24, 2.45) is 0 Å². The zero-order valence-corrected chi connectivity index (χ0v) is 12.8. The molecule has 1 saturated heterocycles. The third-order valence-electron chi connectivity index (χ3n) is 3.04. The fraction of sp³-hybridized carbons (Fsp3) is 0.417. The Labute approximate surface area is 121 Å². The lowest BCUT2D eigenvalue weighted by molar-refractivity contribution is -0.122. The Balaban J connectivity index is 2.13. The first-order valence-electron chi connectivity index (χ1n) is 5.94. The van der Waals surface area contributed by atoms with E-state index < -0.39 is 10.0 Å². The molecule has 0 aliphatic carbocycles. The quantitative estimate of drug-likeness (QED) is 0.866. The fourth-order valence-corrected chi connectivity index (χ4v) is 3.69. The normalized spacial score (nSPS) is 20.1. The van der Waals surface area contributed by atoms with Crippen LogP contribution in [-0.2, 0) is 14.8 Å². The van der Waals surface area contributed by atoms with E-state index in [2.05, 4.69) is 26.0 Å². The summed E-state index contributed by atoms with van der Waals surface area (Å²) in [6, 6.07) is 4.66. The Kier molecular flexibility index (Phi) is 4.27. The Hall–Kier alpha value is -0.920. The number of carbonyl (C=O) groups excluding carboxylic acids is 1. The molecule has 1 atom stereocenters. The molecule has 0 radical (unpaired) electrons. The number of hydrogen-bond donors (Lipinski definition) is 2. The molecule has 5 nitrogen and oxygen atoms in total. The monoisotopic (exact) mass is 346 g/mol. The van der Waals surface area contributed by atoms with Crippen LogP contribution >= 0.6 is 15.9 Å². The van der Waals surface area contributed by atoms with Gasteiger partial charge in [0.25, 0.3) is 0 Å². The molecule has 104 valence electrons. The van der Waals surface area contributed by atoms with E-state index in [0.717, 1.165) is 10.0 Å². The van der Waals surface area contributed by atoms with Crippen molar-refractivity contribution >= 4 is 31.9 Å². The largest absolute Gasteiger partial charge is 0.355 e. The predicted octanol–water partition coefficient (Wildman–Crippen LogP) is 1.31. The fourth-order valence-electron chi connectivity index (χ4n) is 1.86. The van der Waals surface area contributed by atoms with Crippen LogP contribution in [0.15, 0.2) is 27.6 Å². The molecule has 2 rings (SSSR count). The molecule has 19 heavy (non-hydrogen) atoms.